The number of thioether (sulfide) groups is 2. The Morgan fingerprint density at radius 3 is 2.67 bits per heavy atom. The van der Waals surface area contributed by atoms with Gasteiger partial charge in [0.05, 0.1) is 11.3 Å². The Morgan fingerprint density at radius 2 is 1.86 bits per heavy atom. The van der Waals surface area contributed by atoms with Crippen molar-refractivity contribution in [2.75, 3.05) is 11.5 Å². The summed E-state index contributed by atoms with van der Waals surface area (Å²) in [6, 6.07) is 7.76. The van der Waals surface area contributed by atoms with E-state index >= 15 is 0 Å². The fraction of sp³-hybridized carbons (Fsp3) is 0.231. The smallest absolute Gasteiger partial charge is 0.175 e. The molecular formula is C13H13N5S3. The van der Waals surface area contributed by atoms with Crippen LogP contribution in [0.2, 0.25) is 0 Å². The van der Waals surface area contributed by atoms with Crippen LogP contribution in [0.15, 0.2) is 32.9 Å². The van der Waals surface area contributed by atoms with Crippen molar-refractivity contribution in [1.82, 2.24) is 20.2 Å². The minimum Gasteiger partial charge on any atom is -0.383 e. The highest BCUT2D eigenvalue weighted by atomic mass is 32.2. The molecule has 0 aliphatic heterocycles. The van der Waals surface area contributed by atoms with Crippen LogP contribution in [-0.4, -0.2) is 25.9 Å². The SMILES string of the molecule is CCSc1nnc(SCc2nc(N)c3ccccc3n2)s1. The lowest BCUT2D eigenvalue weighted by Crippen LogP contribution is -1.99. The molecule has 1 aromatic carbocycles. The van der Waals surface area contributed by atoms with Crippen LogP contribution < -0.4 is 5.73 Å². The number of fused-ring (bicyclic) bond motifs is 1. The molecule has 0 fully saturated rings. The summed E-state index contributed by atoms with van der Waals surface area (Å²) in [6.45, 7) is 2.10. The van der Waals surface area contributed by atoms with Crippen LogP contribution in [0.5, 0.6) is 0 Å². The Morgan fingerprint density at radius 1 is 1.10 bits per heavy atom. The van der Waals surface area contributed by atoms with Gasteiger partial charge in [0.2, 0.25) is 0 Å². The summed E-state index contributed by atoms with van der Waals surface area (Å²) in [5.74, 6) is 2.89. The molecule has 0 radical (unpaired) electrons. The van der Waals surface area contributed by atoms with E-state index in [2.05, 4.69) is 27.1 Å². The Labute approximate surface area is 134 Å². The summed E-state index contributed by atoms with van der Waals surface area (Å²) in [6.07, 6.45) is 0. The molecule has 21 heavy (non-hydrogen) atoms. The molecule has 2 aromatic heterocycles. The molecule has 5 nitrogen and oxygen atoms in total. The maximum absolute atomic E-state index is 5.98. The molecule has 0 unspecified atom stereocenters. The van der Waals surface area contributed by atoms with Crippen LogP contribution in [0.25, 0.3) is 10.9 Å². The van der Waals surface area contributed by atoms with Crippen LogP contribution in [0.4, 0.5) is 5.82 Å². The van der Waals surface area contributed by atoms with Gasteiger partial charge in [-0.05, 0) is 17.9 Å². The van der Waals surface area contributed by atoms with Crippen molar-refractivity contribution in [3.05, 3.63) is 30.1 Å². The van der Waals surface area contributed by atoms with Crippen LogP contribution in [-0.2, 0) is 5.75 Å². The predicted molar refractivity (Wildman–Crippen MR) is 89.8 cm³/mol. The zero-order valence-corrected chi connectivity index (χ0v) is 13.8. The van der Waals surface area contributed by atoms with E-state index in [1.54, 1.807) is 34.9 Å². The summed E-state index contributed by atoms with van der Waals surface area (Å²) in [5, 5.41) is 9.18. The molecule has 0 aliphatic carbocycles. The number of nitrogens with two attached hydrogens (primary N) is 1. The van der Waals surface area contributed by atoms with Crippen molar-refractivity contribution in [3.63, 3.8) is 0 Å². The van der Waals surface area contributed by atoms with E-state index < -0.39 is 0 Å². The maximum atomic E-state index is 5.98. The molecule has 3 aromatic rings. The third-order valence-electron chi connectivity index (χ3n) is 2.66. The molecule has 0 atom stereocenters. The molecule has 2 heterocycles. The molecule has 0 bridgehead atoms. The van der Waals surface area contributed by atoms with Crippen molar-refractivity contribution in [3.8, 4) is 0 Å². The van der Waals surface area contributed by atoms with E-state index in [9.17, 15) is 0 Å². The first-order valence-electron chi connectivity index (χ1n) is 6.36. The number of aromatic nitrogens is 4. The lowest BCUT2D eigenvalue weighted by molar-refractivity contribution is 0.953. The molecule has 0 saturated carbocycles. The van der Waals surface area contributed by atoms with Gasteiger partial charge in [-0.3, -0.25) is 0 Å². The summed E-state index contributed by atoms with van der Waals surface area (Å²) in [4.78, 5) is 8.89. The van der Waals surface area contributed by atoms with Gasteiger partial charge in [-0.2, -0.15) is 0 Å². The number of anilines is 1. The second-order valence-electron chi connectivity index (χ2n) is 4.10. The van der Waals surface area contributed by atoms with Crippen molar-refractivity contribution in [2.24, 2.45) is 0 Å². The predicted octanol–water partition coefficient (Wildman–Crippen LogP) is 3.47. The number of benzene rings is 1. The molecular weight excluding hydrogens is 322 g/mol. The lowest BCUT2D eigenvalue weighted by Gasteiger charge is -2.03. The molecule has 0 amide bonds. The second-order valence-corrected chi connectivity index (χ2v) is 7.81. The van der Waals surface area contributed by atoms with Crippen LogP contribution in [0, 0.1) is 0 Å². The average molecular weight is 335 g/mol. The molecule has 8 heteroatoms. The first-order valence-corrected chi connectivity index (χ1v) is 9.15. The first kappa shape index (κ1) is 14.6. The van der Waals surface area contributed by atoms with E-state index in [4.69, 9.17) is 5.73 Å². The minimum atomic E-state index is 0.524. The molecule has 0 saturated heterocycles. The Kier molecular flexibility index (Phi) is 4.57. The van der Waals surface area contributed by atoms with E-state index in [1.807, 2.05) is 24.3 Å². The van der Waals surface area contributed by atoms with Crippen molar-refractivity contribution in [2.45, 2.75) is 21.4 Å². The summed E-state index contributed by atoms with van der Waals surface area (Å²) < 4.78 is 1.93. The maximum Gasteiger partial charge on any atom is 0.175 e. The van der Waals surface area contributed by atoms with Crippen LogP contribution in [0.3, 0.4) is 0 Å². The zero-order valence-electron chi connectivity index (χ0n) is 11.3. The standard InChI is InChI=1S/C13H13N5S3/c1-2-19-12-17-18-13(21-12)20-7-10-15-9-6-4-3-5-8(9)11(14)16-10/h3-6H,2,7H2,1H3,(H2,14,15,16). The van der Waals surface area contributed by atoms with Gasteiger partial charge in [0.1, 0.15) is 11.6 Å². The van der Waals surface area contributed by atoms with Crippen LogP contribution >= 0.6 is 34.9 Å². The van der Waals surface area contributed by atoms with Gasteiger partial charge in [-0.1, -0.05) is 53.9 Å². The van der Waals surface area contributed by atoms with E-state index in [1.165, 1.54) is 0 Å². The van der Waals surface area contributed by atoms with Gasteiger partial charge < -0.3 is 5.73 Å². The van der Waals surface area contributed by atoms with Gasteiger partial charge in [-0.15, -0.1) is 10.2 Å². The molecule has 0 spiro atoms. The summed E-state index contributed by atoms with van der Waals surface area (Å²) in [7, 11) is 0. The number of para-hydroxylation sites is 1. The third-order valence-corrected chi connectivity index (χ3v) is 5.73. The first-order chi connectivity index (χ1) is 10.3. The van der Waals surface area contributed by atoms with E-state index in [0.717, 1.165) is 31.2 Å². The van der Waals surface area contributed by atoms with Gasteiger partial charge in [0, 0.05) is 5.39 Å². The van der Waals surface area contributed by atoms with Crippen molar-refractivity contribution < 1.29 is 0 Å². The van der Waals surface area contributed by atoms with Crippen molar-refractivity contribution in [1.29, 1.82) is 0 Å². The lowest BCUT2D eigenvalue weighted by atomic mass is 10.2. The minimum absolute atomic E-state index is 0.524. The summed E-state index contributed by atoms with van der Waals surface area (Å²) in [5.41, 5.74) is 6.86. The van der Waals surface area contributed by atoms with E-state index in [0.29, 0.717) is 11.6 Å². The number of nitrogen functional groups attached to an aromatic ring is 1. The van der Waals surface area contributed by atoms with Crippen molar-refractivity contribution >= 4 is 51.6 Å². The fourth-order valence-electron chi connectivity index (χ4n) is 1.78. The number of hydrogen-bond acceptors (Lipinski definition) is 8. The topological polar surface area (TPSA) is 77.6 Å². The highest BCUT2D eigenvalue weighted by molar-refractivity contribution is 8.02. The Bertz CT molecular complexity index is 758. The molecule has 0 aliphatic rings. The Hall–Kier alpha value is -1.38. The largest absolute Gasteiger partial charge is 0.383 e. The number of rotatable bonds is 5. The molecule has 108 valence electrons. The van der Waals surface area contributed by atoms with E-state index in [-0.39, 0.29) is 0 Å². The highest BCUT2D eigenvalue weighted by Gasteiger charge is 2.08. The van der Waals surface area contributed by atoms with Crippen LogP contribution in [0.1, 0.15) is 12.7 Å². The Balaban J connectivity index is 1.75. The van der Waals surface area contributed by atoms with Gasteiger partial charge in [0.15, 0.2) is 8.68 Å². The third kappa shape index (κ3) is 3.45. The van der Waals surface area contributed by atoms with Gasteiger partial charge >= 0.3 is 0 Å². The van der Waals surface area contributed by atoms with Gasteiger partial charge in [0.25, 0.3) is 0 Å². The van der Waals surface area contributed by atoms with Gasteiger partial charge in [-0.25, -0.2) is 9.97 Å². The summed E-state index contributed by atoms with van der Waals surface area (Å²) >= 11 is 4.89. The molecule has 3 rings (SSSR count). The normalized spacial score (nSPS) is 11.1. The molecule has 2 N–H and O–H groups in total. The average Bonchev–Trinajstić information content (AvgIpc) is 2.93. The monoisotopic (exact) mass is 335 g/mol. The second kappa shape index (κ2) is 6.59. The quantitative estimate of drug-likeness (QED) is 0.715. The highest BCUT2D eigenvalue weighted by Crippen LogP contribution is 2.30. The fourth-order valence-corrected chi connectivity index (χ4v) is 4.55. The number of nitrogens with zero attached hydrogens (tertiary/aromatic N) is 4. The zero-order chi connectivity index (χ0) is 14.7. The number of hydrogen-bond donors (Lipinski definition) is 1.